The summed E-state index contributed by atoms with van der Waals surface area (Å²) in [6.07, 6.45) is 4.51. The van der Waals surface area contributed by atoms with Crippen LogP contribution in [0.25, 0.3) is 0 Å². The first-order chi connectivity index (χ1) is 15.1. The first kappa shape index (κ1) is 21.8. The topological polar surface area (TPSA) is 61.9 Å². The van der Waals surface area contributed by atoms with E-state index in [1.165, 1.54) is 0 Å². The van der Waals surface area contributed by atoms with Gasteiger partial charge in [-0.1, -0.05) is 36.6 Å². The minimum atomic E-state index is -0.238. The maximum absolute atomic E-state index is 13.3. The van der Waals surface area contributed by atoms with Crippen molar-refractivity contribution < 1.29 is 14.3 Å². The minimum absolute atomic E-state index is 0.0132. The van der Waals surface area contributed by atoms with E-state index >= 15 is 0 Å². The van der Waals surface area contributed by atoms with Gasteiger partial charge in [-0.05, 0) is 49.7 Å². The predicted molar refractivity (Wildman–Crippen MR) is 123 cm³/mol. The van der Waals surface area contributed by atoms with Crippen LogP contribution in [0.1, 0.15) is 42.5 Å². The molecule has 0 bridgehead atoms. The molecule has 0 spiro atoms. The van der Waals surface area contributed by atoms with E-state index in [0.717, 1.165) is 58.5 Å². The summed E-state index contributed by atoms with van der Waals surface area (Å²) >= 11 is 6.14. The number of carbonyl (C=O) groups is 2. The second kappa shape index (κ2) is 10.3. The van der Waals surface area contributed by atoms with E-state index in [0.29, 0.717) is 34.1 Å². The van der Waals surface area contributed by atoms with Crippen LogP contribution in [0, 0.1) is 0 Å². The third-order valence-corrected chi connectivity index (χ3v) is 6.04. The van der Waals surface area contributed by atoms with Gasteiger partial charge in [-0.2, -0.15) is 0 Å². The molecule has 2 heterocycles. The van der Waals surface area contributed by atoms with Crippen molar-refractivity contribution >= 4 is 40.5 Å². The number of hydrogen-bond acceptors (Lipinski definition) is 4. The molecule has 2 aliphatic heterocycles. The van der Waals surface area contributed by atoms with Crippen LogP contribution in [-0.4, -0.2) is 49.6 Å². The minimum Gasteiger partial charge on any atom is -0.379 e. The molecule has 1 N–H and O–H groups in total. The summed E-state index contributed by atoms with van der Waals surface area (Å²) in [6.45, 7) is 4.79. The SMILES string of the molecule is O=C1Nc2cc(Cl)ccc2N(C(=O)CCCCCCN2CCOCC2)c2ccccc21. The van der Waals surface area contributed by atoms with E-state index < -0.39 is 0 Å². The molecule has 2 aliphatic rings. The quantitative estimate of drug-likeness (QED) is 0.623. The summed E-state index contributed by atoms with van der Waals surface area (Å²) < 4.78 is 5.38. The Balaban J connectivity index is 1.40. The first-order valence-electron chi connectivity index (χ1n) is 11.0. The van der Waals surface area contributed by atoms with Crippen LogP contribution in [0.15, 0.2) is 42.5 Å². The van der Waals surface area contributed by atoms with E-state index in [1.807, 2.05) is 12.1 Å². The molecular formula is C24H28ClN3O3. The molecule has 0 unspecified atom stereocenters. The molecule has 1 saturated heterocycles. The monoisotopic (exact) mass is 441 g/mol. The fourth-order valence-corrected chi connectivity index (χ4v) is 4.33. The van der Waals surface area contributed by atoms with Crippen LogP contribution >= 0.6 is 11.6 Å². The number of morpholine rings is 1. The van der Waals surface area contributed by atoms with Crippen LogP contribution in [0.5, 0.6) is 0 Å². The highest BCUT2D eigenvalue weighted by Gasteiger charge is 2.28. The lowest BCUT2D eigenvalue weighted by atomic mass is 10.1. The standard InChI is InChI=1S/C24H28ClN3O3/c25-18-10-11-22-20(17-18)26-24(30)19-7-4-5-8-21(19)28(22)23(29)9-3-1-2-6-12-27-13-15-31-16-14-27/h4-5,7-8,10-11,17H,1-3,6,9,12-16H2,(H,26,30). The van der Waals surface area contributed by atoms with Gasteiger partial charge in [0.15, 0.2) is 0 Å². The second-order valence-corrected chi connectivity index (χ2v) is 8.42. The highest BCUT2D eigenvalue weighted by Crippen LogP contribution is 2.39. The smallest absolute Gasteiger partial charge is 0.257 e. The second-order valence-electron chi connectivity index (χ2n) is 7.98. The molecule has 6 nitrogen and oxygen atoms in total. The number of amides is 2. The molecule has 0 atom stereocenters. The molecule has 0 aromatic heterocycles. The van der Waals surface area contributed by atoms with Crippen LogP contribution in [0.2, 0.25) is 5.02 Å². The Morgan fingerprint density at radius 2 is 1.77 bits per heavy atom. The molecule has 1 fully saturated rings. The van der Waals surface area contributed by atoms with Gasteiger partial charge in [-0.3, -0.25) is 19.4 Å². The molecule has 7 heteroatoms. The fourth-order valence-electron chi connectivity index (χ4n) is 4.15. The van der Waals surface area contributed by atoms with Crippen molar-refractivity contribution in [1.29, 1.82) is 0 Å². The molecule has 31 heavy (non-hydrogen) atoms. The van der Waals surface area contributed by atoms with Crippen molar-refractivity contribution in [2.45, 2.75) is 32.1 Å². The lowest BCUT2D eigenvalue weighted by molar-refractivity contribution is -0.118. The average Bonchev–Trinajstić information content (AvgIpc) is 2.90. The number of nitrogens with zero attached hydrogens (tertiary/aromatic N) is 2. The lowest BCUT2D eigenvalue weighted by Crippen LogP contribution is -2.36. The third-order valence-electron chi connectivity index (χ3n) is 5.81. The number of fused-ring (bicyclic) bond motifs is 2. The van der Waals surface area contributed by atoms with Gasteiger partial charge in [0, 0.05) is 24.5 Å². The summed E-state index contributed by atoms with van der Waals surface area (Å²) in [5.74, 6) is -0.252. The van der Waals surface area contributed by atoms with Crippen molar-refractivity contribution in [3.05, 3.63) is 53.1 Å². The Morgan fingerprint density at radius 1 is 1.00 bits per heavy atom. The zero-order valence-electron chi connectivity index (χ0n) is 17.6. The summed E-state index contributed by atoms with van der Waals surface area (Å²) in [4.78, 5) is 30.1. The fraction of sp³-hybridized carbons (Fsp3) is 0.417. The van der Waals surface area contributed by atoms with Crippen LogP contribution in [0.4, 0.5) is 17.1 Å². The lowest BCUT2D eigenvalue weighted by Gasteiger charge is -2.26. The number of hydrogen-bond donors (Lipinski definition) is 1. The van der Waals surface area contributed by atoms with E-state index in [9.17, 15) is 9.59 Å². The maximum atomic E-state index is 13.3. The van der Waals surface area contributed by atoms with Crippen molar-refractivity contribution in [1.82, 2.24) is 4.90 Å². The summed E-state index contributed by atoms with van der Waals surface area (Å²) in [7, 11) is 0. The normalized spacial score (nSPS) is 16.3. The van der Waals surface area contributed by atoms with Crippen molar-refractivity contribution in [3.8, 4) is 0 Å². The molecule has 0 saturated carbocycles. The van der Waals surface area contributed by atoms with Gasteiger partial charge in [0.25, 0.3) is 5.91 Å². The van der Waals surface area contributed by atoms with Gasteiger partial charge < -0.3 is 10.1 Å². The van der Waals surface area contributed by atoms with Gasteiger partial charge >= 0.3 is 0 Å². The Kier molecular flexibility index (Phi) is 7.22. The third kappa shape index (κ3) is 5.26. The van der Waals surface area contributed by atoms with Crippen molar-refractivity contribution in [3.63, 3.8) is 0 Å². The predicted octanol–water partition coefficient (Wildman–Crippen LogP) is 4.85. The number of para-hydroxylation sites is 1. The number of rotatable bonds is 7. The van der Waals surface area contributed by atoms with Crippen LogP contribution in [0.3, 0.4) is 0 Å². The molecule has 164 valence electrons. The number of halogens is 1. The number of unbranched alkanes of at least 4 members (excludes halogenated alkanes) is 3. The number of carbonyl (C=O) groups excluding carboxylic acids is 2. The highest BCUT2D eigenvalue weighted by atomic mass is 35.5. The number of benzene rings is 2. The number of ether oxygens (including phenoxy) is 1. The van der Waals surface area contributed by atoms with Gasteiger partial charge in [-0.25, -0.2) is 0 Å². The molecule has 0 radical (unpaired) electrons. The van der Waals surface area contributed by atoms with Gasteiger partial charge in [0.2, 0.25) is 5.91 Å². The Labute approximate surface area is 188 Å². The van der Waals surface area contributed by atoms with Crippen molar-refractivity contribution in [2.75, 3.05) is 43.1 Å². The van der Waals surface area contributed by atoms with Crippen molar-refractivity contribution in [2.24, 2.45) is 0 Å². The molecule has 2 aromatic carbocycles. The molecule has 4 rings (SSSR count). The highest BCUT2D eigenvalue weighted by molar-refractivity contribution is 6.31. The number of anilines is 3. The van der Waals surface area contributed by atoms with Gasteiger partial charge in [0.1, 0.15) is 0 Å². The maximum Gasteiger partial charge on any atom is 0.257 e. The summed E-state index contributed by atoms with van der Waals surface area (Å²) in [5.41, 5.74) is 2.29. The molecule has 0 aliphatic carbocycles. The summed E-state index contributed by atoms with van der Waals surface area (Å²) in [6, 6.07) is 12.4. The number of nitrogens with one attached hydrogen (secondary N) is 1. The Morgan fingerprint density at radius 3 is 2.61 bits per heavy atom. The van der Waals surface area contributed by atoms with E-state index in [1.54, 1.807) is 35.2 Å². The van der Waals surface area contributed by atoms with Gasteiger partial charge in [0.05, 0.1) is 35.8 Å². The van der Waals surface area contributed by atoms with Gasteiger partial charge in [-0.15, -0.1) is 0 Å². The van der Waals surface area contributed by atoms with Crippen LogP contribution in [-0.2, 0) is 9.53 Å². The summed E-state index contributed by atoms with van der Waals surface area (Å²) in [5, 5.41) is 3.40. The largest absolute Gasteiger partial charge is 0.379 e. The molecule has 2 amide bonds. The Hall–Kier alpha value is -2.41. The molecular weight excluding hydrogens is 414 g/mol. The first-order valence-corrected chi connectivity index (χ1v) is 11.3. The van der Waals surface area contributed by atoms with E-state index in [4.69, 9.17) is 16.3 Å². The van der Waals surface area contributed by atoms with E-state index in [-0.39, 0.29) is 11.8 Å². The average molecular weight is 442 g/mol. The van der Waals surface area contributed by atoms with Crippen LogP contribution < -0.4 is 10.2 Å². The molecule has 2 aromatic rings. The zero-order chi connectivity index (χ0) is 21.6. The Bertz CT molecular complexity index is 943. The zero-order valence-corrected chi connectivity index (χ0v) is 18.4. The van der Waals surface area contributed by atoms with E-state index in [2.05, 4.69) is 10.2 Å².